The van der Waals surface area contributed by atoms with Gasteiger partial charge in [0.15, 0.2) is 0 Å². The van der Waals surface area contributed by atoms with Gasteiger partial charge >= 0.3 is 0 Å². The van der Waals surface area contributed by atoms with Crippen molar-refractivity contribution in [2.75, 3.05) is 6.61 Å². The van der Waals surface area contributed by atoms with Gasteiger partial charge in [-0.2, -0.15) is 0 Å². The number of hydrogen-bond acceptors (Lipinski definition) is 3. The third-order valence-corrected chi connectivity index (χ3v) is 2.94. The Balaban J connectivity index is 2.10. The number of nitrogens with one attached hydrogen (secondary N) is 1. The first-order valence-corrected chi connectivity index (χ1v) is 6.21. The van der Waals surface area contributed by atoms with E-state index in [9.17, 15) is 4.39 Å². The minimum absolute atomic E-state index is 0.0356. The molecule has 0 spiro atoms. The highest BCUT2D eigenvalue weighted by molar-refractivity contribution is 5.58. The third kappa shape index (κ3) is 3.43. The summed E-state index contributed by atoms with van der Waals surface area (Å²) in [5.74, 6) is 0.920. The molecular formula is C15H18FNO2. The first-order chi connectivity index (χ1) is 9.02. The highest BCUT2D eigenvalue weighted by atomic mass is 19.1. The van der Waals surface area contributed by atoms with E-state index in [4.69, 9.17) is 9.52 Å². The minimum atomic E-state index is -0.370. The Labute approximate surface area is 112 Å². The zero-order valence-electron chi connectivity index (χ0n) is 11.1. The molecule has 1 heterocycles. The third-order valence-electron chi connectivity index (χ3n) is 2.94. The fourth-order valence-corrected chi connectivity index (χ4v) is 1.66. The van der Waals surface area contributed by atoms with E-state index in [2.05, 4.69) is 5.32 Å². The minimum Gasteiger partial charge on any atom is -0.460 e. The standard InChI is InChI=1S/C15H18FNO2/c1-15(2,10-18)17-9-11-7-8-14(19-11)12-5-3-4-6-13(12)16/h3-8,17-18H,9-10H2,1-2H3. The molecule has 1 aromatic heterocycles. The van der Waals surface area contributed by atoms with Crippen LogP contribution >= 0.6 is 0 Å². The van der Waals surface area contributed by atoms with Crippen LogP contribution in [0, 0.1) is 5.82 Å². The molecule has 19 heavy (non-hydrogen) atoms. The second-order valence-electron chi connectivity index (χ2n) is 5.14. The molecule has 0 saturated heterocycles. The smallest absolute Gasteiger partial charge is 0.137 e. The van der Waals surface area contributed by atoms with Crippen LogP contribution in [0.2, 0.25) is 0 Å². The van der Waals surface area contributed by atoms with Gasteiger partial charge in [0.05, 0.1) is 18.7 Å². The van der Waals surface area contributed by atoms with Gasteiger partial charge in [0, 0.05) is 5.54 Å². The summed E-state index contributed by atoms with van der Waals surface area (Å²) in [5.41, 5.74) is 0.0838. The topological polar surface area (TPSA) is 45.4 Å². The lowest BCUT2D eigenvalue weighted by Gasteiger charge is -2.22. The van der Waals surface area contributed by atoms with Crippen LogP contribution in [-0.2, 0) is 6.54 Å². The Bertz CT molecular complexity index is 549. The van der Waals surface area contributed by atoms with Gasteiger partial charge in [-0.1, -0.05) is 12.1 Å². The number of benzene rings is 1. The van der Waals surface area contributed by atoms with Gasteiger partial charge in [0.25, 0.3) is 0 Å². The summed E-state index contributed by atoms with van der Waals surface area (Å²) in [6.07, 6.45) is 0. The highest BCUT2D eigenvalue weighted by Crippen LogP contribution is 2.24. The van der Waals surface area contributed by atoms with Gasteiger partial charge in [0.1, 0.15) is 17.3 Å². The molecule has 0 aliphatic heterocycles. The second kappa shape index (κ2) is 5.55. The summed E-state index contributed by atoms with van der Waals surface area (Å²) in [6.45, 7) is 4.32. The maximum atomic E-state index is 13.6. The predicted molar refractivity (Wildman–Crippen MR) is 72.1 cm³/mol. The summed E-state index contributed by atoms with van der Waals surface area (Å²) in [5, 5.41) is 12.3. The van der Waals surface area contributed by atoms with E-state index >= 15 is 0 Å². The molecule has 0 aliphatic rings. The Morgan fingerprint density at radius 3 is 2.63 bits per heavy atom. The van der Waals surface area contributed by atoms with Crippen molar-refractivity contribution in [3.05, 3.63) is 48.0 Å². The average molecular weight is 263 g/mol. The molecule has 2 N–H and O–H groups in total. The van der Waals surface area contributed by atoms with Gasteiger partial charge in [-0.25, -0.2) is 4.39 Å². The molecule has 4 heteroatoms. The summed E-state index contributed by atoms with van der Waals surface area (Å²) in [6, 6.07) is 10.1. The Morgan fingerprint density at radius 2 is 1.95 bits per heavy atom. The lowest BCUT2D eigenvalue weighted by atomic mass is 10.1. The molecule has 0 amide bonds. The normalized spacial score (nSPS) is 11.8. The van der Waals surface area contributed by atoms with Crippen molar-refractivity contribution < 1.29 is 13.9 Å². The van der Waals surface area contributed by atoms with Crippen LogP contribution in [0.3, 0.4) is 0 Å². The van der Waals surface area contributed by atoms with Crippen LogP contribution in [0.15, 0.2) is 40.8 Å². The van der Waals surface area contributed by atoms with E-state index in [-0.39, 0.29) is 18.0 Å². The van der Waals surface area contributed by atoms with Crippen LogP contribution in [0.25, 0.3) is 11.3 Å². The average Bonchev–Trinajstić information content (AvgIpc) is 2.86. The lowest BCUT2D eigenvalue weighted by molar-refractivity contribution is 0.184. The van der Waals surface area contributed by atoms with Crippen molar-refractivity contribution in [1.82, 2.24) is 5.32 Å². The van der Waals surface area contributed by atoms with E-state index in [1.807, 2.05) is 19.9 Å². The van der Waals surface area contributed by atoms with Gasteiger partial charge in [-0.15, -0.1) is 0 Å². The van der Waals surface area contributed by atoms with Crippen LogP contribution < -0.4 is 5.32 Å². The van der Waals surface area contributed by atoms with Crippen molar-refractivity contribution in [3.63, 3.8) is 0 Å². The van der Waals surface area contributed by atoms with Crippen molar-refractivity contribution in [2.45, 2.75) is 25.9 Å². The van der Waals surface area contributed by atoms with Gasteiger partial charge in [-0.3, -0.25) is 0 Å². The molecule has 3 nitrogen and oxygen atoms in total. The van der Waals surface area contributed by atoms with E-state index < -0.39 is 0 Å². The fraction of sp³-hybridized carbons (Fsp3) is 0.333. The Morgan fingerprint density at radius 1 is 1.21 bits per heavy atom. The maximum absolute atomic E-state index is 13.6. The van der Waals surface area contributed by atoms with Crippen molar-refractivity contribution >= 4 is 0 Å². The number of aliphatic hydroxyl groups excluding tert-OH is 1. The summed E-state index contributed by atoms with van der Waals surface area (Å²) in [4.78, 5) is 0. The molecule has 0 fully saturated rings. The van der Waals surface area contributed by atoms with E-state index in [0.29, 0.717) is 23.6 Å². The van der Waals surface area contributed by atoms with E-state index in [0.717, 1.165) is 0 Å². The first kappa shape index (κ1) is 13.8. The zero-order chi connectivity index (χ0) is 13.9. The van der Waals surface area contributed by atoms with Gasteiger partial charge in [-0.05, 0) is 38.1 Å². The fourth-order valence-electron chi connectivity index (χ4n) is 1.66. The molecule has 2 rings (SSSR count). The van der Waals surface area contributed by atoms with E-state index in [1.165, 1.54) is 6.07 Å². The number of furan rings is 1. The molecule has 2 aromatic rings. The molecule has 0 saturated carbocycles. The monoisotopic (exact) mass is 263 g/mol. The second-order valence-corrected chi connectivity index (χ2v) is 5.14. The Kier molecular flexibility index (Phi) is 4.02. The summed E-state index contributed by atoms with van der Waals surface area (Å²) < 4.78 is 19.2. The molecule has 0 aliphatic carbocycles. The maximum Gasteiger partial charge on any atom is 0.137 e. The molecule has 0 radical (unpaired) electrons. The number of rotatable bonds is 5. The summed E-state index contributed by atoms with van der Waals surface area (Å²) >= 11 is 0. The zero-order valence-corrected chi connectivity index (χ0v) is 11.1. The number of aliphatic hydroxyl groups is 1. The van der Waals surface area contributed by atoms with Crippen LogP contribution in [0.5, 0.6) is 0 Å². The highest BCUT2D eigenvalue weighted by Gasteiger charge is 2.16. The number of hydrogen-bond donors (Lipinski definition) is 2. The first-order valence-electron chi connectivity index (χ1n) is 6.21. The largest absolute Gasteiger partial charge is 0.460 e. The van der Waals surface area contributed by atoms with Crippen molar-refractivity contribution in [3.8, 4) is 11.3 Å². The molecule has 0 bridgehead atoms. The number of halogens is 1. The SMILES string of the molecule is CC(C)(CO)NCc1ccc(-c2ccccc2F)o1. The van der Waals surface area contributed by atoms with Crippen LogP contribution in [-0.4, -0.2) is 17.3 Å². The van der Waals surface area contributed by atoms with Crippen molar-refractivity contribution in [1.29, 1.82) is 0 Å². The van der Waals surface area contributed by atoms with Gasteiger partial charge < -0.3 is 14.8 Å². The lowest BCUT2D eigenvalue weighted by Crippen LogP contribution is -2.41. The predicted octanol–water partition coefficient (Wildman–Crippen LogP) is 2.95. The van der Waals surface area contributed by atoms with Crippen LogP contribution in [0.1, 0.15) is 19.6 Å². The molecule has 0 unspecified atom stereocenters. The van der Waals surface area contributed by atoms with E-state index in [1.54, 1.807) is 24.3 Å². The molecule has 102 valence electrons. The van der Waals surface area contributed by atoms with Gasteiger partial charge in [0.2, 0.25) is 0 Å². The quantitative estimate of drug-likeness (QED) is 0.871. The van der Waals surface area contributed by atoms with Crippen molar-refractivity contribution in [2.24, 2.45) is 0 Å². The molecule has 1 aromatic carbocycles. The molecule has 0 atom stereocenters. The van der Waals surface area contributed by atoms with Crippen LogP contribution in [0.4, 0.5) is 4.39 Å². The molecular weight excluding hydrogens is 245 g/mol. The summed E-state index contributed by atoms with van der Waals surface area (Å²) in [7, 11) is 0. The Hall–Kier alpha value is -1.65.